The summed E-state index contributed by atoms with van der Waals surface area (Å²) in [4.78, 5) is 0. The summed E-state index contributed by atoms with van der Waals surface area (Å²) in [5.41, 5.74) is 2.93. The molecular formula is C17H22N2O2. The lowest BCUT2D eigenvalue weighted by Crippen LogP contribution is -2.12. The second kappa shape index (κ2) is 6.31. The Balaban J connectivity index is 1.91. The topological polar surface area (TPSA) is 47.3 Å². The standard InChI is InChI=1S/C17H22N2O2/c1-21-17-8-7-13(12-20)9-16(17)14-10-18-19(11-14)15-5-3-2-4-6-15/h7-11,15,20H,2-6,12H2,1H3. The Labute approximate surface area is 125 Å². The minimum Gasteiger partial charge on any atom is -0.496 e. The molecule has 1 aliphatic rings. The first-order valence-corrected chi connectivity index (χ1v) is 7.64. The number of aromatic nitrogens is 2. The molecule has 0 saturated heterocycles. The Kier molecular flexibility index (Phi) is 4.25. The molecule has 112 valence electrons. The fourth-order valence-corrected chi connectivity index (χ4v) is 3.10. The molecule has 1 fully saturated rings. The average molecular weight is 286 g/mol. The maximum Gasteiger partial charge on any atom is 0.126 e. The highest BCUT2D eigenvalue weighted by Gasteiger charge is 2.17. The van der Waals surface area contributed by atoms with Gasteiger partial charge >= 0.3 is 0 Å². The van der Waals surface area contributed by atoms with Crippen molar-refractivity contribution in [2.24, 2.45) is 0 Å². The van der Waals surface area contributed by atoms with Crippen LogP contribution >= 0.6 is 0 Å². The minimum atomic E-state index is 0.0355. The third-order valence-electron chi connectivity index (χ3n) is 4.31. The van der Waals surface area contributed by atoms with Crippen molar-refractivity contribution < 1.29 is 9.84 Å². The quantitative estimate of drug-likeness (QED) is 0.935. The zero-order valence-electron chi connectivity index (χ0n) is 12.5. The molecular weight excluding hydrogens is 264 g/mol. The highest BCUT2D eigenvalue weighted by atomic mass is 16.5. The van der Waals surface area contributed by atoms with Crippen molar-refractivity contribution >= 4 is 0 Å². The van der Waals surface area contributed by atoms with Gasteiger partial charge in [-0.3, -0.25) is 4.68 Å². The van der Waals surface area contributed by atoms with Gasteiger partial charge in [-0.1, -0.05) is 25.3 Å². The number of aliphatic hydroxyl groups excluding tert-OH is 1. The number of hydrogen-bond acceptors (Lipinski definition) is 3. The van der Waals surface area contributed by atoms with Crippen LogP contribution < -0.4 is 4.74 Å². The van der Waals surface area contributed by atoms with E-state index in [2.05, 4.69) is 16.0 Å². The van der Waals surface area contributed by atoms with E-state index in [0.29, 0.717) is 6.04 Å². The van der Waals surface area contributed by atoms with Gasteiger partial charge in [-0.25, -0.2) is 0 Å². The van der Waals surface area contributed by atoms with Crippen molar-refractivity contribution in [1.29, 1.82) is 0 Å². The summed E-state index contributed by atoms with van der Waals surface area (Å²) in [6.45, 7) is 0.0355. The van der Waals surface area contributed by atoms with E-state index in [-0.39, 0.29) is 6.61 Å². The normalized spacial score (nSPS) is 16.1. The molecule has 0 unspecified atom stereocenters. The number of methoxy groups -OCH3 is 1. The van der Waals surface area contributed by atoms with Crippen molar-refractivity contribution in [2.75, 3.05) is 7.11 Å². The molecule has 0 spiro atoms. The lowest BCUT2D eigenvalue weighted by Gasteiger charge is -2.21. The van der Waals surface area contributed by atoms with Gasteiger partial charge in [-0.05, 0) is 30.5 Å². The molecule has 0 atom stereocenters. The molecule has 1 saturated carbocycles. The number of aliphatic hydroxyl groups is 1. The van der Waals surface area contributed by atoms with Crippen molar-refractivity contribution in [2.45, 2.75) is 44.8 Å². The minimum absolute atomic E-state index is 0.0355. The van der Waals surface area contributed by atoms with Crippen LogP contribution in [0.15, 0.2) is 30.6 Å². The molecule has 2 aromatic rings. The first-order chi connectivity index (χ1) is 10.3. The summed E-state index contributed by atoms with van der Waals surface area (Å²) in [6, 6.07) is 6.29. The summed E-state index contributed by atoms with van der Waals surface area (Å²) < 4.78 is 7.53. The van der Waals surface area contributed by atoms with Crippen LogP contribution in [0.3, 0.4) is 0 Å². The zero-order valence-corrected chi connectivity index (χ0v) is 12.5. The summed E-state index contributed by atoms with van der Waals surface area (Å²) in [7, 11) is 1.67. The molecule has 1 aromatic heterocycles. The van der Waals surface area contributed by atoms with E-state index in [4.69, 9.17) is 4.74 Å². The SMILES string of the molecule is COc1ccc(CO)cc1-c1cnn(C2CCCCC2)c1. The molecule has 4 heteroatoms. The van der Waals surface area contributed by atoms with E-state index in [9.17, 15) is 5.11 Å². The Hall–Kier alpha value is -1.81. The van der Waals surface area contributed by atoms with E-state index in [1.54, 1.807) is 7.11 Å². The smallest absolute Gasteiger partial charge is 0.126 e. The molecule has 1 aliphatic carbocycles. The summed E-state index contributed by atoms with van der Waals surface area (Å²) in [6.07, 6.45) is 10.4. The fraction of sp³-hybridized carbons (Fsp3) is 0.471. The third kappa shape index (κ3) is 2.95. The number of nitrogens with zero attached hydrogens (tertiary/aromatic N) is 2. The maximum atomic E-state index is 9.32. The van der Waals surface area contributed by atoms with Gasteiger partial charge in [0, 0.05) is 17.3 Å². The zero-order chi connectivity index (χ0) is 14.7. The Morgan fingerprint density at radius 1 is 1.29 bits per heavy atom. The largest absolute Gasteiger partial charge is 0.496 e. The number of ether oxygens (including phenoxy) is 1. The highest BCUT2D eigenvalue weighted by molar-refractivity contribution is 5.70. The second-order valence-corrected chi connectivity index (χ2v) is 5.69. The van der Waals surface area contributed by atoms with E-state index in [0.717, 1.165) is 22.4 Å². The van der Waals surface area contributed by atoms with Crippen molar-refractivity contribution in [3.05, 3.63) is 36.2 Å². The van der Waals surface area contributed by atoms with E-state index in [1.165, 1.54) is 32.1 Å². The average Bonchev–Trinajstić information content (AvgIpc) is 3.05. The van der Waals surface area contributed by atoms with Crippen molar-refractivity contribution in [3.8, 4) is 16.9 Å². The van der Waals surface area contributed by atoms with Crippen molar-refractivity contribution in [3.63, 3.8) is 0 Å². The predicted octanol–water partition coefficient (Wildman–Crippen LogP) is 3.56. The molecule has 0 bridgehead atoms. The summed E-state index contributed by atoms with van der Waals surface area (Å²) >= 11 is 0. The van der Waals surface area contributed by atoms with Gasteiger partial charge in [-0.2, -0.15) is 5.10 Å². The van der Waals surface area contributed by atoms with E-state index >= 15 is 0 Å². The summed E-state index contributed by atoms with van der Waals surface area (Å²) in [5.74, 6) is 0.815. The monoisotopic (exact) mass is 286 g/mol. The molecule has 1 aromatic carbocycles. The van der Waals surface area contributed by atoms with Crippen LogP contribution in [0.5, 0.6) is 5.75 Å². The first-order valence-electron chi connectivity index (χ1n) is 7.64. The maximum absolute atomic E-state index is 9.32. The Morgan fingerprint density at radius 3 is 2.81 bits per heavy atom. The van der Waals surface area contributed by atoms with Crippen LogP contribution in [0.2, 0.25) is 0 Å². The molecule has 0 radical (unpaired) electrons. The molecule has 1 heterocycles. The molecule has 1 N–H and O–H groups in total. The molecule has 21 heavy (non-hydrogen) atoms. The first kappa shape index (κ1) is 14.1. The molecule has 4 nitrogen and oxygen atoms in total. The lowest BCUT2D eigenvalue weighted by molar-refractivity contribution is 0.281. The number of rotatable bonds is 4. The molecule has 0 amide bonds. The van der Waals surface area contributed by atoms with Gasteiger partial charge in [0.2, 0.25) is 0 Å². The Morgan fingerprint density at radius 2 is 2.10 bits per heavy atom. The molecule has 0 aliphatic heterocycles. The third-order valence-corrected chi connectivity index (χ3v) is 4.31. The fourth-order valence-electron chi connectivity index (χ4n) is 3.10. The van der Waals surface area contributed by atoms with Gasteiger partial charge < -0.3 is 9.84 Å². The van der Waals surface area contributed by atoms with Crippen LogP contribution in [0, 0.1) is 0 Å². The molecule has 3 rings (SSSR count). The van der Waals surface area contributed by atoms with Crippen LogP contribution in [-0.4, -0.2) is 22.0 Å². The lowest BCUT2D eigenvalue weighted by atomic mass is 9.96. The van der Waals surface area contributed by atoms with E-state index < -0.39 is 0 Å². The van der Waals surface area contributed by atoms with Crippen molar-refractivity contribution in [1.82, 2.24) is 9.78 Å². The van der Waals surface area contributed by atoms with Crippen LogP contribution in [0.25, 0.3) is 11.1 Å². The van der Waals surface area contributed by atoms with Gasteiger partial charge in [0.1, 0.15) is 5.75 Å². The van der Waals surface area contributed by atoms with Crippen LogP contribution in [-0.2, 0) is 6.61 Å². The van der Waals surface area contributed by atoms with E-state index in [1.807, 2.05) is 24.4 Å². The number of benzene rings is 1. The van der Waals surface area contributed by atoms with Gasteiger partial charge in [0.25, 0.3) is 0 Å². The van der Waals surface area contributed by atoms with Crippen LogP contribution in [0.4, 0.5) is 0 Å². The Bertz CT molecular complexity index is 601. The van der Waals surface area contributed by atoms with Gasteiger partial charge in [0.15, 0.2) is 0 Å². The van der Waals surface area contributed by atoms with Gasteiger partial charge in [0.05, 0.1) is 26.0 Å². The van der Waals surface area contributed by atoms with Crippen LogP contribution in [0.1, 0.15) is 43.7 Å². The van der Waals surface area contributed by atoms with Gasteiger partial charge in [-0.15, -0.1) is 0 Å². The highest BCUT2D eigenvalue weighted by Crippen LogP contribution is 2.33. The predicted molar refractivity (Wildman–Crippen MR) is 82.3 cm³/mol. The number of hydrogen-bond donors (Lipinski definition) is 1. The summed E-state index contributed by atoms with van der Waals surface area (Å²) in [5, 5.41) is 13.9. The second-order valence-electron chi connectivity index (χ2n) is 5.69.